The van der Waals surface area contributed by atoms with Gasteiger partial charge in [0.2, 0.25) is 0 Å². The number of hydrogen-bond donors (Lipinski definition) is 4. The summed E-state index contributed by atoms with van der Waals surface area (Å²) in [6, 6.07) is 10.9. The molecule has 94 valence electrons. The Kier molecular flexibility index (Phi) is 2.60. The van der Waals surface area contributed by atoms with Gasteiger partial charge in [-0.1, -0.05) is 36.4 Å². The van der Waals surface area contributed by atoms with Crippen LogP contribution in [-0.4, -0.2) is 32.6 Å². The SMILES string of the molecule is OC1c2ccc3ccccc3c2C(O)C(O)C1O. The van der Waals surface area contributed by atoms with Gasteiger partial charge in [0, 0.05) is 0 Å². The molecular formula is C14H14O4. The molecule has 1 aliphatic rings. The molecule has 0 heterocycles. The average molecular weight is 246 g/mol. The normalized spacial score (nSPS) is 31.3. The number of aliphatic hydroxyl groups is 4. The smallest absolute Gasteiger partial charge is 0.113 e. The summed E-state index contributed by atoms with van der Waals surface area (Å²) in [6.07, 6.45) is -5.11. The molecule has 0 saturated heterocycles. The monoisotopic (exact) mass is 246 g/mol. The van der Waals surface area contributed by atoms with Crippen molar-refractivity contribution in [3.63, 3.8) is 0 Å². The van der Waals surface area contributed by atoms with Crippen LogP contribution in [0.15, 0.2) is 36.4 Å². The van der Waals surface area contributed by atoms with E-state index in [2.05, 4.69) is 0 Å². The molecule has 0 radical (unpaired) electrons. The van der Waals surface area contributed by atoms with Crippen molar-refractivity contribution in [3.8, 4) is 0 Å². The fourth-order valence-electron chi connectivity index (χ4n) is 2.63. The molecule has 0 saturated carbocycles. The predicted octanol–water partition coefficient (Wildman–Crippen LogP) is 0.642. The van der Waals surface area contributed by atoms with Gasteiger partial charge in [-0.15, -0.1) is 0 Å². The van der Waals surface area contributed by atoms with Gasteiger partial charge in [0.1, 0.15) is 24.4 Å². The Morgan fingerprint density at radius 1 is 0.722 bits per heavy atom. The van der Waals surface area contributed by atoms with Crippen molar-refractivity contribution >= 4 is 10.8 Å². The van der Waals surface area contributed by atoms with E-state index in [4.69, 9.17) is 0 Å². The van der Waals surface area contributed by atoms with Crippen LogP contribution in [0.4, 0.5) is 0 Å². The van der Waals surface area contributed by atoms with Crippen LogP contribution >= 0.6 is 0 Å². The second kappa shape index (κ2) is 4.03. The van der Waals surface area contributed by atoms with Crippen LogP contribution in [-0.2, 0) is 0 Å². The highest BCUT2D eigenvalue weighted by atomic mass is 16.4. The van der Waals surface area contributed by atoms with Crippen molar-refractivity contribution in [1.29, 1.82) is 0 Å². The number of aliphatic hydroxyl groups excluding tert-OH is 4. The molecule has 18 heavy (non-hydrogen) atoms. The predicted molar refractivity (Wildman–Crippen MR) is 65.9 cm³/mol. The van der Waals surface area contributed by atoms with Crippen molar-refractivity contribution in [2.24, 2.45) is 0 Å². The zero-order valence-electron chi connectivity index (χ0n) is 9.56. The van der Waals surface area contributed by atoms with E-state index in [-0.39, 0.29) is 0 Å². The molecule has 0 fully saturated rings. The van der Waals surface area contributed by atoms with E-state index in [0.29, 0.717) is 11.1 Å². The highest BCUT2D eigenvalue weighted by molar-refractivity contribution is 5.87. The Hall–Kier alpha value is -1.46. The number of rotatable bonds is 0. The summed E-state index contributed by atoms with van der Waals surface area (Å²) in [5, 5.41) is 41.2. The Morgan fingerprint density at radius 2 is 1.39 bits per heavy atom. The number of fused-ring (bicyclic) bond motifs is 3. The van der Waals surface area contributed by atoms with E-state index >= 15 is 0 Å². The van der Waals surface area contributed by atoms with Gasteiger partial charge < -0.3 is 20.4 Å². The summed E-state index contributed by atoms with van der Waals surface area (Å²) >= 11 is 0. The molecule has 2 aromatic carbocycles. The fourth-order valence-corrected chi connectivity index (χ4v) is 2.63. The van der Waals surface area contributed by atoms with Crippen LogP contribution < -0.4 is 0 Å². The molecular weight excluding hydrogens is 232 g/mol. The maximum Gasteiger partial charge on any atom is 0.113 e. The standard InChI is InChI=1S/C14H14O4/c15-11-9-6-5-7-3-1-2-4-8(7)10(9)12(16)14(18)13(11)17/h1-6,11-18H. The molecule has 0 aromatic heterocycles. The molecule has 4 atom stereocenters. The lowest BCUT2D eigenvalue weighted by atomic mass is 9.81. The van der Waals surface area contributed by atoms with Gasteiger partial charge in [-0.05, 0) is 21.9 Å². The summed E-state index contributed by atoms with van der Waals surface area (Å²) in [5.41, 5.74) is 0.970. The zero-order valence-corrected chi connectivity index (χ0v) is 9.56. The molecule has 1 aliphatic carbocycles. The molecule has 3 rings (SSSR count). The zero-order chi connectivity index (χ0) is 12.9. The lowest BCUT2D eigenvalue weighted by Gasteiger charge is -2.35. The first-order valence-electron chi connectivity index (χ1n) is 5.85. The lowest BCUT2D eigenvalue weighted by Crippen LogP contribution is -2.41. The van der Waals surface area contributed by atoms with Crippen LogP contribution in [0.25, 0.3) is 10.8 Å². The quantitative estimate of drug-likeness (QED) is 0.550. The highest BCUT2D eigenvalue weighted by Crippen LogP contribution is 2.40. The number of hydrogen-bond acceptors (Lipinski definition) is 4. The highest BCUT2D eigenvalue weighted by Gasteiger charge is 2.40. The molecule has 0 spiro atoms. The molecule has 4 heteroatoms. The molecule has 4 nitrogen and oxygen atoms in total. The maximum absolute atomic E-state index is 10.1. The first kappa shape index (κ1) is 11.6. The van der Waals surface area contributed by atoms with Crippen LogP contribution in [0.2, 0.25) is 0 Å². The summed E-state index contributed by atoms with van der Waals surface area (Å²) < 4.78 is 0. The Labute approximate surface area is 104 Å². The summed E-state index contributed by atoms with van der Waals surface area (Å²) in [7, 11) is 0. The minimum atomic E-state index is -1.38. The first-order chi connectivity index (χ1) is 8.61. The van der Waals surface area contributed by atoms with E-state index in [0.717, 1.165) is 10.8 Å². The second-order valence-electron chi connectivity index (χ2n) is 4.66. The van der Waals surface area contributed by atoms with Gasteiger partial charge in [-0.3, -0.25) is 0 Å². The Morgan fingerprint density at radius 3 is 2.17 bits per heavy atom. The first-order valence-corrected chi connectivity index (χ1v) is 5.85. The minimum absolute atomic E-state index is 0.471. The summed E-state index contributed by atoms with van der Waals surface area (Å²) in [4.78, 5) is 0. The van der Waals surface area contributed by atoms with Gasteiger partial charge in [0.25, 0.3) is 0 Å². The molecule has 4 unspecified atom stereocenters. The van der Waals surface area contributed by atoms with Gasteiger partial charge in [0.15, 0.2) is 0 Å². The largest absolute Gasteiger partial charge is 0.387 e. The minimum Gasteiger partial charge on any atom is -0.387 e. The van der Waals surface area contributed by atoms with Crippen LogP contribution in [0.5, 0.6) is 0 Å². The molecule has 4 N–H and O–H groups in total. The molecule has 0 bridgehead atoms. The van der Waals surface area contributed by atoms with Crippen LogP contribution in [0.3, 0.4) is 0 Å². The van der Waals surface area contributed by atoms with Crippen molar-refractivity contribution in [2.45, 2.75) is 24.4 Å². The van der Waals surface area contributed by atoms with Crippen molar-refractivity contribution in [1.82, 2.24) is 0 Å². The van der Waals surface area contributed by atoms with Crippen molar-refractivity contribution < 1.29 is 20.4 Å². The second-order valence-corrected chi connectivity index (χ2v) is 4.66. The van der Waals surface area contributed by atoms with E-state index < -0.39 is 24.4 Å². The Balaban J connectivity index is 2.32. The number of benzene rings is 2. The molecule has 2 aromatic rings. The van der Waals surface area contributed by atoms with Gasteiger partial charge >= 0.3 is 0 Å². The molecule has 0 aliphatic heterocycles. The maximum atomic E-state index is 10.1. The third-order valence-corrected chi connectivity index (χ3v) is 3.62. The van der Waals surface area contributed by atoms with E-state index in [1.54, 1.807) is 6.07 Å². The van der Waals surface area contributed by atoms with E-state index in [9.17, 15) is 20.4 Å². The summed E-state index contributed by atoms with van der Waals surface area (Å²) in [6.45, 7) is 0. The lowest BCUT2D eigenvalue weighted by molar-refractivity contribution is -0.119. The van der Waals surface area contributed by atoms with Gasteiger partial charge in [-0.2, -0.15) is 0 Å². The Bertz CT molecular complexity index is 595. The molecule has 0 amide bonds. The average Bonchev–Trinajstić information content (AvgIpc) is 2.41. The van der Waals surface area contributed by atoms with Crippen molar-refractivity contribution in [2.75, 3.05) is 0 Å². The van der Waals surface area contributed by atoms with Gasteiger partial charge in [-0.25, -0.2) is 0 Å². The van der Waals surface area contributed by atoms with Crippen LogP contribution in [0, 0.1) is 0 Å². The third-order valence-electron chi connectivity index (χ3n) is 3.62. The van der Waals surface area contributed by atoms with Crippen molar-refractivity contribution in [3.05, 3.63) is 47.5 Å². The topological polar surface area (TPSA) is 80.9 Å². The van der Waals surface area contributed by atoms with E-state index in [1.807, 2.05) is 30.3 Å². The van der Waals surface area contributed by atoms with Gasteiger partial charge in [0.05, 0.1) is 0 Å². The fraction of sp³-hybridized carbons (Fsp3) is 0.286. The summed E-state index contributed by atoms with van der Waals surface area (Å²) in [5.74, 6) is 0. The van der Waals surface area contributed by atoms with Crippen LogP contribution in [0.1, 0.15) is 23.3 Å². The third kappa shape index (κ3) is 1.47. The van der Waals surface area contributed by atoms with E-state index in [1.165, 1.54) is 0 Å².